The van der Waals surface area contributed by atoms with Crippen LogP contribution in [-0.4, -0.2) is 47.1 Å². The second kappa shape index (κ2) is 7.18. The van der Waals surface area contributed by atoms with Gasteiger partial charge in [0.25, 0.3) is 0 Å². The minimum absolute atomic E-state index is 0.139. The average Bonchev–Trinajstić information content (AvgIpc) is 2.34. The van der Waals surface area contributed by atoms with Gasteiger partial charge in [0.15, 0.2) is 0 Å². The minimum atomic E-state index is -1.01. The van der Waals surface area contributed by atoms with Crippen molar-refractivity contribution in [2.45, 2.75) is 13.8 Å². The third-order valence-electron chi connectivity index (χ3n) is 2.67. The summed E-state index contributed by atoms with van der Waals surface area (Å²) >= 11 is 5.77. The maximum Gasteiger partial charge on any atom is 0.335 e. The zero-order chi connectivity index (χ0) is 13.5. The Labute approximate surface area is 112 Å². The van der Waals surface area contributed by atoms with E-state index in [0.717, 1.165) is 19.6 Å². The van der Waals surface area contributed by atoms with Gasteiger partial charge in [0, 0.05) is 13.1 Å². The van der Waals surface area contributed by atoms with Gasteiger partial charge in [0.1, 0.15) is 11.0 Å². The Balaban J connectivity index is 2.59. The molecule has 0 atom stereocenters. The number of nitrogens with zero attached hydrogens (tertiary/aromatic N) is 2. The summed E-state index contributed by atoms with van der Waals surface area (Å²) in [4.78, 5) is 17.2. The van der Waals surface area contributed by atoms with E-state index >= 15 is 0 Å². The van der Waals surface area contributed by atoms with Crippen LogP contribution in [0.3, 0.4) is 0 Å². The molecule has 0 fully saturated rings. The first-order chi connectivity index (χ1) is 8.56. The van der Waals surface area contributed by atoms with E-state index in [0.29, 0.717) is 12.4 Å². The van der Waals surface area contributed by atoms with E-state index < -0.39 is 5.97 Å². The molecule has 1 heterocycles. The number of anilines is 1. The lowest BCUT2D eigenvalue weighted by atomic mass is 10.2. The Bertz CT molecular complexity index is 408. The lowest BCUT2D eigenvalue weighted by Gasteiger charge is -2.18. The van der Waals surface area contributed by atoms with Crippen molar-refractivity contribution < 1.29 is 9.90 Å². The molecule has 0 saturated carbocycles. The second-order valence-corrected chi connectivity index (χ2v) is 4.21. The van der Waals surface area contributed by atoms with Gasteiger partial charge in [-0.3, -0.25) is 0 Å². The van der Waals surface area contributed by atoms with E-state index in [9.17, 15) is 4.79 Å². The van der Waals surface area contributed by atoms with E-state index in [-0.39, 0.29) is 10.7 Å². The molecule has 100 valence electrons. The number of hydrogen-bond acceptors (Lipinski definition) is 4. The maximum absolute atomic E-state index is 10.9. The van der Waals surface area contributed by atoms with Gasteiger partial charge in [-0.15, -0.1) is 0 Å². The molecule has 0 bridgehead atoms. The van der Waals surface area contributed by atoms with Gasteiger partial charge in [-0.25, -0.2) is 9.78 Å². The number of hydrogen-bond donors (Lipinski definition) is 2. The molecule has 5 nitrogen and oxygen atoms in total. The number of carboxylic acids is 1. The van der Waals surface area contributed by atoms with Crippen molar-refractivity contribution in [3.8, 4) is 0 Å². The molecular formula is C12H18ClN3O2. The standard InChI is InChI=1S/C12H18ClN3O2/c1-3-16(4-2)6-5-14-11-8-9(12(17)18)7-10(13)15-11/h7-8H,3-6H2,1-2H3,(H,14,15)(H,17,18). The quantitative estimate of drug-likeness (QED) is 0.744. The highest BCUT2D eigenvalue weighted by molar-refractivity contribution is 6.29. The van der Waals surface area contributed by atoms with E-state index in [1.54, 1.807) is 0 Å². The Kier molecular flexibility index (Phi) is 5.88. The summed E-state index contributed by atoms with van der Waals surface area (Å²) in [6, 6.07) is 2.82. The number of aromatic carboxylic acids is 1. The van der Waals surface area contributed by atoms with Crippen LogP contribution in [-0.2, 0) is 0 Å². The normalized spacial score (nSPS) is 10.7. The van der Waals surface area contributed by atoms with Gasteiger partial charge < -0.3 is 15.3 Å². The highest BCUT2D eigenvalue weighted by Gasteiger charge is 2.07. The van der Waals surface area contributed by atoms with Crippen LogP contribution in [0, 0.1) is 0 Å². The van der Waals surface area contributed by atoms with Crippen molar-refractivity contribution in [3.63, 3.8) is 0 Å². The highest BCUT2D eigenvalue weighted by atomic mass is 35.5. The van der Waals surface area contributed by atoms with Crippen LogP contribution in [0.1, 0.15) is 24.2 Å². The smallest absolute Gasteiger partial charge is 0.335 e. The second-order valence-electron chi connectivity index (χ2n) is 3.82. The fourth-order valence-electron chi connectivity index (χ4n) is 1.59. The minimum Gasteiger partial charge on any atom is -0.478 e. The van der Waals surface area contributed by atoms with Crippen molar-refractivity contribution in [2.75, 3.05) is 31.5 Å². The topological polar surface area (TPSA) is 65.5 Å². The maximum atomic E-state index is 10.9. The summed E-state index contributed by atoms with van der Waals surface area (Å²) in [5, 5.41) is 12.2. The van der Waals surface area contributed by atoms with Crippen LogP contribution in [0.4, 0.5) is 5.82 Å². The summed E-state index contributed by atoms with van der Waals surface area (Å²) in [7, 11) is 0. The van der Waals surface area contributed by atoms with Crippen LogP contribution in [0.15, 0.2) is 12.1 Å². The molecule has 0 radical (unpaired) electrons. The van der Waals surface area contributed by atoms with Gasteiger partial charge in [-0.05, 0) is 25.2 Å². The Morgan fingerprint density at radius 3 is 2.67 bits per heavy atom. The molecular weight excluding hydrogens is 254 g/mol. The molecule has 0 aliphatic carbocycles. The highest BCUT2D eigenvalue weighted by Crippen LogP contribution is 2.14. The molecule has 1 aromatic heterocycles. The predicted molar refractivity (Wildman–Crippen MR) is 72.5 cm³/mol. The number of carbonyl (C=O) groups is 1. The van der Waals surface area contributed by atoms with Gasteiger partial charge in [-0.2, -0.15) is 0 Å². The van der Waals surface area contributed by atoms with Crippen LogP contribution in [0.2, 0.25) is 5.15 Å². The first kappa shape index (κ1) is 14.7. The van der Waals surface area contributed by atoms with Crippen molar-refractivity contribution in [3.05, 3.63) is 22.8 Å². The van der Waals surface area contributed by atoms with Crippen LogP contribution < -0.4 is 5.32 Å². The predicted octanol–water partition coefficient (Wildman–Crippen LogP) is 2.19. The summed E-state index contributed by atoms with van der Waals surface area (Å²) < 4.78 is 0. The lowest BCUT2D eigenvalue weighted by molar-refractivity contribution is 0.0697. The SMILES string of the molecule is CCN(CC)CCNc1cc(C(=O)O)cc(Cl)n1. The number of aromatic nitrogens is 1. The van der Waals surface area contributed by atoms with E-state index in [1.165, 1.54) is 12.1 Å². The fraction of sp³-hybridized carbons (Fsp3) is 0.500. The Hall–Kier alpha value is -1.33. The first-order valence-corrected chi connectivity index (χ1v) is 6.31. The molecule has 0 aliphatic rings. The number of likely N-dealkylation sites (N-methyl/N-ethyl adjacent to an activating group) is 1. The van der Waals surface area contributed by atoms with Crippen LogP contribution in [0.25, 0.3) is 0 Å². The molecule has 18 heavy (non-hydrogen) atoms. The zero-order valence-electron chi connectivity index (χ0n) is 10.6. The molecule has 0 amide bonds. The monoisotopic (exact) mass is 271 g/mol. The van der Waals surface area contributed by atoms with Crippen molar-refractivity contribution in [1.29, 1.82) is 0 Å². The number of carboxylic acid groups (broad SMARTS) is 1. The molecule has 1 aromatic rings. The number of pyridine rings is 1. The molecule has 0 unspecified atom stereocenters. The summed E-state index contributed by atoms with van der Waals surface area (Å²) in [5.41, 5.74) is 0.139. The van der Waals surface area contributed by atoms with E-state index in [1.807, 2.05) is 0 Å². The third-order valence-corrected chi connectivity index (χ3v) is 2.86. The zero-order valence-corrected chi connectivity index (χ0v) is 11.4. The van der Waals surface area contributed by atoms with E-state index in [2.05, 4.69) is 29.0 Å². The van der Waals surface area contributed by atoms with Gasteiger partial charge in [-0.1, -0.05) is 25.4 Å². The molecule has 0 saturated heterocycles. The first-order valence-electron chi connectivity index (χ1n) is 5.94. The molecule has 1 rings (SSSR count). The molecule has 0 aromatic carbocycles. The van der Waals surface area contributed by atoms with E-state index in [4.69, 9.17) is 16.7 Å². The Morgan fingerprint density at radius 2 is 2.11 bits per heavy atom. The number of halogens is 1. The summed E-state index contributed by atoms with van der Waals surface area (Å²) in [6.45, 7) is 7.76. The largest absolute Gasteiger partial charge is 0.478 e. The van der Waals surface area contributed by atoms with Crippen molar-refractivity contribution in [1.82, 2.24) is 9.88 Å². The number of nitrogens with one attached hydrogen (secondary N) is 1. The van der Waals surface area contributed by atoms with Gasteiger partial charge in [0.2, 0.25) is 0 Å². The average molecular weight is 272 g/mol. The molecule has 0 aliphatic heterocycles. The Morgan fingerprint density at radius 1 is 1.44 bits per heavy atom. The van der Waals surface area contributed by atoms with Crippen LogP contribution >= 0.6 is 11.6 Å². The van der Waals surface area contributed by atoms with Crippen molar-refractivity contribution >= 4 is 23.4 Å². The third kappa shape index (κ3) is 4.50. The van der Waals surface area contributed by atoms with Gasteiger partial charge >= 0.3 is 5.97 Å². The summed E-state index contributed by atoms with van der Waals surface area (Å²) in [6.07, 6.45) is 0. The fourth-order valence-corrected chi connectivity index (χ4v) is 1.80. The van der Waals surface area contributed by atoms with Crippen LogP contribution in [0.5, 0.6) is 0 Å². The van der Waals surface area contributed by atoms with Crippen molar-refractivity contribution in [2.24, 2.45) is 0 Å². The number of rotatable bonds is 7. The lowest BCUT2D eigenvalue weighted by Crippen LogP contribution is -2.28. The molecule has 6 heteroatoms. The summed E-state index contributed by atoms with van der Waals surface area (Å²) in [5.74, 6) is -0.516. The molecule has 2 N–H and O–H groups in total. The molecule has 0 spiro atoms. The van der Waals surface area contributed by atoms with Gasteiger partial charge in [0.05, 0.1) is 5.56 Å².